The molecule has 92 valence electrons. The van der Waals surface area contributed by atoms with Crippen molar-refractivity contribution in [2.75, 3.05) is 7.11 Å². The molecular weight excluding hydrogens is 240 g/mol. The van der Waals surface area contributed by atoms with E-state index in [0.29, 0.717) is 0 Å². The predicted molar refractivity (Wildman–Crippen MR) is 59.4 cm³/mol. The molecule has 2 aromatic heterocycles. The van der Waals surface area contributed by atoms with Crippen molar-refractivity contribution in [1.82, 2.24) is 14.5 Å². The van der Waals surface area contributed by atoms with E-state index in [2.05, 4.69) is 14.7 Å². The Hall–Kier alpha value is -2.77. The van der Waals surface area contributed by atoms with Crippen molar-refractivity contribution in [2.24, 2.45) is 0 Å². The van der Waals surface area contributed by atoms with Crippen molar-refractivity contribution < 1.29 is 14.5 Å². The second-order valence-electron chi connectivity index (χ2n) is 3.26. The van der Waals surface area contributed by atoms with E-state index in [9.17, 15) is 14.9 Å². The summed E-state index contributed by atoms with van der Waals surface area (Å²) in [4.78, 5) is 29.3. The highest BCUT2D eigenvalue weighted by Gasteiger charge is 2.20. The van der Waals surface area contributed by atoms with E-state index < -0.39 is 10.9 Å². The van der Waals surface area contributed by atoms with Gasteiger partial charge in [0.25, 0.3) is 0 Å². The first-order chi connectivity index (χ1) is 8.63. The third-order valence-corrected chi connectivity index (χ3v) is 2.19. The molecule has 18 heavy (non-hydrogen) atoms. The smallest absolute Gasteiger partial charge is 0.356 e. The normalized spacial score (nSPS) is 10.1. The minimum atomic E-state index is -0.661. The lowest BCUT2D eigenvalue weighted by Crippen LogP contribution is -2.09. The van der Waals surface area contributed by atoms with Crippen molar-refractivity contribution in [3.8, 4) is 5.82 Å². The molecule has 0 spiro atoms. The fourth-order valence-electron chi connectivity index (χ4n) is 1.38. The molecule has 8 heteroatoms. The largest absolute Gasteiger partial charge is 0.464 e. The molecule has 0 aliphatic heterocycles. The molecule has 0 amide bonds. The average Bonchev–Trinajstić information content (AvgIpc) is 2.90. The Kier molecular flexibility index (Phi) is 3.00. The number of rotatable bonds is 3. The molecule has 0 radical (unpaired) electrons. The first-order valence-electron chi connectivity index (χ1n) is 4.85. The highest BCUT2D eigenvalue weighted by Crippen LogP contribution is 2.20. The Morgan fingerprint density at radius 3 is 2.83 bits per heavy atom. The Morgan fingerprint density at radius 1 is 1.50 bits per heavy atom. The number of hydrogen-bond acceptors (Lipinski definition) is 6. The maximum Gasteiger partial charge on any atom is 0.356 e. The molecule has 0 fully saturated rings. The molecule has 2 rings (SSSR count). The topological polar surface area (TPSA) is 100 Å². The molecule has 0 saturated heterocycles. The number of nitrogens with zero attached hydrogens (tertiary/aromatic N) is 4. The fourth-order valence-corrected chi connectivity index (χ4v) is 1.38. The van der Waals surface area contributed by atoms with Gasteiger partial charge in [-0.3, -0.25) is 14.7 Å². The van der Waals surface area contributed by atoms with Gasteiger partial charge in [-0.05, 0) is 6.07 Å². The monoisotopic (exact) mass is 248 g/mol. The minimum absolute atomic E-state index is 0.00759. The van der Waals surface area contributed by atoms with Crippen LogP contribution in [0, 0.1) is 10.1 Å². The molecule has 0 atom stereocenters. The van der Waals surface area contributed by atoms with Crippen molar-refractivity contribution in [3.63, 3.8) is 0 Å². The zero-order valence-corrected chi connectivity index (χ0v) is 9.31. The van der Waals surface area contributed by atoms with Gasteiger partial charge in [0, 0.05) is 18.5 Å². The number of carbonyl (C=O) groups is 1. The Bertz CT molecular complexity index is 594. The van der Waals surface area contributed by atoms with Crippen LogP contribution >= 0.6 is 0 Å². The maximum absolute atomic E-state index is 11.3. The van der Waals surface area contributed by atoms with Crippen LogP contribution in [0.4, 0.5) is 5.69 Å². The van der Waals surface area contributed by atoms with Gasteiger partial charge in [-0.2, -0.15) is 0 Å². The summed E-state index contributed by atoms with van der Waals surface area (Å²) in [7, 11) is 1.21. The van der Waals surface area contributed by atoms with Gasteiger partial charge in [-0.1, -0.05) is 0 Å². The Labute approximate surface area is 101 Å². The standard InChI is InChI=1S/C10H8N4O4/c1-18-10(15)7-2-3-8(14(16)17)9(12-7)13-5-4-11-6-13/h2-6H,1H3. The number of methoxy groups -OCH3 is 1. The second kappa shape index (κ2) is 4.62. The number of aromatic nitrogens is 3. The van der Waals surface area contributed by atoms with Gasteiger partial charge in [0.05, 0.1) is 12.0 Å². The molecule has 0 bridgehead atoms. The molecule has 0 aromatic carbocycles. The molecule has 2 aromatic rings. The lowest BCUT2D eigenvalue weighted by atomic mass is 10.3. The number of esters is 1. The van der Waals surface area contributed by atoms with Gasteiger partial charge >= 0.3 is 11.7 Å². The van der Waals surface area contributed by atoms with E-state index in [0.717, 1.165) is 0 Å². The summed E-state index contributed by atoms with van der Waals surface area (Å²) >= 11 is 0. The van der Waals surface area contributed by atoms with E-state index in [1.165, 1.54) is 42.5 Å². The van der Waals surface area contributed by atoms with Crippen LogP contribution in [0.15, 0.2) is 30.9 Å². The van der Waals surface area contributed by atoms with Gasteiger partial charge < -0.3 is 4.74 Å². The molecule has 0 unspecified atom stereocenters. The molecular formula is C10H8N4O4. The number of pyridine rings is 1. The van der Waals surface area contributed by atoms with Crippen LogP contribution < -0.4 is 0 Å². The first-order valence-corrected chi connectivity index (χ1v) is 4.85. The van der Waals surface area contributed by atoms with Crippen LogP contribution in [0.2, 0.25) is 0 Å². The van der Waals surface area contributed by atoms with E-state index >= 15 is 0 Å². The highest BCUT2D eigenvalue weighted by molar-refractivity contribution is 5.87. The van der Waals surface area contributed by atoms with Crippen LogP contribution in [0.3, 0.4) is 0 Å². The predicted octanol–water partition coefficient (Wildman–Crippen LogP) is 0.962. The van der Waals surface area contributed by atoms with Crippen LogP contribution in [0.5, 0.6) is 0 Å². The average molecular weight is 248 g/mol. The summed E-state index contributed by atoms with van der Waals surface area (Å²) in [6.07, 6.45) is 4.31. The first kappa shape index (κ1) is 11.7. The zero-order chi connectivity index (χ0) is 13.1. The van der Waals surface area contributed by atoms with Crippen LogP contribution in [0.25, 0.3) is 5.82 Å². The number of nitro groups is 1. The number of hydrogen-bond donors (Lipinski definition) is 0. The molecule has 0 aliphatic carbocycles. The number of carbonyl (C=O) groups excluding carboxylic acids is 1. The summed E-state index contributed by atoms with van der Waals surface area (Å²) in [6, 6.07) is 2.44. The van der Waals surface area contributed by atoms with Crippen LogP contribution in [0.1, 0.15) is 10.5 Å². The van der Waals surface area contributed by atoms with E-state index in [4.69, 9.17) is 0 Å². The van der Waals surface area contributed by atoms with Crippen molar-refractivity contribution in [2.45, 2.75) is 0 Å². The van der Waals surface area contributed by atoms with Gasteiger partial charge in [-0.15, -0.1) is 0 Å². The van der Waals surface area contributed by atoms with E-state index in [-0.39, 0.29) is 17.2 Å². The molecule has 8 nitrogen and oxygen atoms in total. The third-order valence-electron chi connectivity index (χ3n) is 2.19. The highest BCUT2D eigenvalue weighted by atomic mass is 16.6. The van der Waals surface area contributed by atoms with Crippen molar-refractivity contribution >= 4 is 11.7 Å². The lowest BCUT2D eigenvalue weighted by Gasteiger charge is -2.04. The minimum Gasteiger partial charge on any atom is -0.464 e. The number of ether oxygens (including phenoxy) is 1. The third kappa shape index (κ3) is 2.03. The summed E-state index contributed by atoms with van der Waals surface area (Å²) < 4.78 is 5.86. The quantitative estimate of drug-likeness (QED) is 0.455. The van der Waals surface area contributed by atoms with Crippen molar-refractivity contribution in [3.05, 3.63) is 46.7 Å². The van der Waals surface area contributed by atoms with Gasteiger partial charge in [0.2, 0.25) is 5.82 Å². The van der Waals surface area contributed by atoms with Crippen LogP contribution in [-0.4, -0.2) is 32.5 Å². The Morgan fingerprint density at radius 2 is 2.28 bits per heavy atom. The molecule has 0 aliphatic rings. The van der Waals surface area contributed by atoms with Gasteiger partial charge in [-0.25, -0.2) is 14.8 Å². The maximum atomic E-state index is 11.3. The van der Waals surface area contributed by atoms with Gasteiger partial charge in [0.15, 0.2) is 5.69 Å². The van der Waals surface area contributed by atoms with Gasteiger partial charge in [0.1, 0.15) is 6.33 Å². The second-order valence-corrected chi connectivity index (χ2v) is 3.26. The summed E-state index contributed by atoms with van der Waals surface area (Å²) in [6.45, 7) is 0. The molecule has 0 saturated carbocycles. The lowest BCUT2D eigenvalue weighted by molar-refractivity contribution is -0.384. The Balaban J connectivity index is 2.59. The van der Waals surface area contributed by atoms with E-state index in [1.807, 2.05) is 0 Å². The molecule has 0 N–H and O–H groups in total. The SMILES string of the molecule is COC(=O)c1ccc([N+](=O)[O-])c(-n2ccnc2)n1. The zero-order valence-electron chi connectivity index (χ0n) is 9.31. The van der Waals surface area contributed by atoms with Crippen molar-refractivity contribution in [1.29, 1.82) is 0 Å². The summed E-state index contributed by atoms with van der Waals surface area (Å²) in [5.74, 6) is -0.647. The summed E-state index contributed by atoms with van der Waals surface area (Å²) in [5, 5.41) is 10.9. The van der Waals surface area contributed by atoms with E-state index in [1.54, 1.807) is 0 Å². The fraction of sp³-hybridized carbons (Fsp3) is 0.100. The van der Waals surface area contributed by atoms with Crippen LogP contribution in [-0.2, 0) is 4.74 Å². The number of imidazole rings is 1. The summed E-state index contributed by atoms with van der Waals surface area (Å²) in [5.41, 5.74) is -0.229. The molecule has 2 heterocycles.